The van der Waals surface area contributed by atoms with Crippen LogP contribution in [0.25, 0.3) is 0 Å². The van der Waals surface area contributed by atoms with Crippen molar-refractivity contribution < 1.29 is 39.5 Å². The topological polar surface area (TPSA) is 43.4 Å². The molecule has 3 nitrogen and oxygen atoms in total. The number of rotatable bonds is 1. The zero-order valence-corrected chi connectivity index (χ0v) is 9.06. The number of carboxylic acids is 1. The minimum atomic E-state index is -1.05. The number of fused-ring (bicyclic) bond motifs is 1. The molecule has 0 aromatic rings. The summed E-state index contributed by atoms with van der Waals surface area (Å²) in [6.45, 7) is 0.872. The SMILES string of the molecule is O=C([O-])C1=CSC2CCN12.[Na+]. The molecule has 0 N–H and O–H groups in total. The number of carbonyl (C=O) groups is 1. The Balaban J connectivity index is 0.000000605. The molecule has 0 saturated carbocycles. The number of aliphatic carboxylic acids is 1. The Morgan fingerprint density at radius 2 is 2.55 bits per heavy atom. The molecular weight excluding hydrogens is 173 g/mol. The Labute approximate surface area is 91.1 Å². The molecule has 0 spiro atoms. The summed E-state index contributed by atoms with van der Waals surface area (Å²) in [4.78, 5) is 12.2. The van der Waals surface area contributed by atoms with Gasteiger partial charge in [-0.3, -0.25) is 0 Å². The number of carboxylic acid groups (broad SMARTS) is 1. The Morgan fingerprint density at radius 3 is 2.82 bits per heavy atom. The maximum atomic E-state index is 10.4. The smallest absolute Gasteiger partial charge is 0.543 e. The standard InChI is InChI=1S/C6H7NO2S.Na/c8-6(9)4-3-10-5-1-2-7(4)5;/h3,5H,1-2H2,(H,8,9);/q;+1/p-1. The Kier molecular flexibility index (Phi) is 2.91. The van der Waals surface area contributed by atoms with E-state index in [0.29, 0.717) is 11.1 Å². The summed E-state index contributed by atoms with van der Waals surface area (Å²) in [5.74, 6) is -1.05. The molecule has 0 aromatic heterocycles. The molecule has 1 atom stereocenters. The van der Waals surface area contributed by atoms with E-state index in [1.807, 2.05) is 4.90 Å². The second-order valence-corrected chi connectivity index (χ2v) is 3.42. The van der Waals surface area contributed by atoms with Crippen LogP contribution in [0.4, 0.5) is 0 Å². The van der Waals surface area contributed by atoms with E-state index >= 15 is 0 Å². The van der Waals surface area contributed by atoms with Gasteiger partial charge in [0.05, 0.1) is 17.0 Å². The van der Waals surface area contributed by atoms with Crippen LogP contribution in [0, 0.1) is 0 Å². The minimum absolute atomic E-state index is 0. The first kappa shape index (κ1) is 9.45. The number of hydrogen-bond donors (Lipinski definition) is 0. The third kappa shape index (κ3) is 1.45. The van der Waals surface area contributed by atoms with Gasteiger partial charge in [0.25, 0.3) is 0 Å². The van der Waals surface area contributed by atoms with Gasteiger partial charge >= 0.3 is 29.6 Å². The predicted molar refractivity (Wildman–Crippen MR) is 35.8 cm³/mol. The minimum Gasteiger partial charge on any atom is -0.543 e. The summed E-state index contributed by atoms with van der Waals surface area (Å²) in [6.07, 6.45) is 1.10. The van der Waals surface area contributed by atoms with Gasteiger partial charge in [-0.15, -0.1) is 11.8 Å². The van der Waals surface area contributed by atoms with Gasteiger partial charge in [0.15, 0.2) is 0 Å². The van der Waals surface area contributed by atoms with Crippen molar-refractivity contribution in [3.63, 3.8) is 0 Å². The average molecular weight is 179 g/mol. The van der Waals surface area contributed by atoms with Crippen molar-refractivity contribution in [2.24, 2.45) is 0 Å². The molecule has 2 aliphatic rings. The maximum absolute atomic E-state index is 10.4. The first-order valence-corrected chi connectivity index (χ1v) is 4.07. The normalized spacial score (nSPS) is 26.4. The van der Waals surface area contributed by atoms with E-state index in [0.717, 1.165) is 13.0 Å². The van der Waals surface area contributed by atoms with E-state index in [2.05, 4.69) is 0 Å². The van der Waals surface area contributed by atoms with Gasteiger partial charge in [0.1, 0.15) is 0 Å². The van der Waals surface area contributed by atoms with Crippen molar-refractivity contribution in [3.05, 3.63) is 11.1 Å². The monoisotopic (exact) mass is 179 g/mol. The molecule has 54 valence electrons. The zero-order valence-electron chi connectivity index (χ0n) is 6.24. The third-order valence-electron chi connectivity index (χ3n) is 1.82. The van der Waals surface area contributed by atoms with E-state index < -0.39 is 5.97 Å². The molecule has 2 aliphatic heterocycles. The van der Waals surface area contributed by atoms with Gasteiger partial charge < -0.3 is 14.8 Å². The maximum Gasteiger partial charge on any atom is 1.00 e. The molecular formula is C6H6NNaO2S. The van der Waals surface area contributed by atoms with Crippen molar-refractivity contribution >= 4 is 17.7 Å². The van der Waals surface area contributed by atoms with Crippen molar-refractivity contribution in [1.82, 2.24) is 4.90 Å². The van der Waals surface area contributed by atoms with Crippen molar-refractivity contribution in [2.75, 3.05) is 6.54 Å². The average Bonchev–Trinajstić information content (AvgIpc) is 2.07. The molecule has 11 heavy (non-hydrogen) atoms. The fourth-order valence-corrected chi connectivity index (χ4v) is 2.28. The zero-order chi connectivity index (χ0) is 7.14. The van der Waals surface area contributed by atoms with Crippen LogP contribution in [0.1, 0.15) is 6.42 Å². The van der Waals surface area contributed by atoms with Gasteiger partial charge in [-0.1, -0.05) is 0 Å². The molecule has 2 rings (SSSR count). The van der Waals surface area contributed by atoms with E-state index in [-0.39, 0.29) is 29.6 Å². The summed E-state index contributed by atoms with van der Waals surface area (Å²) in [5.41, 5.74) is 0.362. The fourth-order valence-electron chi connectivity index (χ4n) is 1.16. The molecule has 1 fully saturated rings. The molecule has 2 heterocycles. The number of hydrogen-bond acceptors (Lipinski definition) is 4. The van der Waals surface area contributed by atoms with Gasteiger partial charge in [-0.25, -0.2) is 0 Å². The Morgan fingerprint density at radius 1 is 1.82 bits per heavy atom. The molecule has 0 aromatic carbocycles. The largest absolute Gasteiger partial charge is 1.00 e. The summed E-state index contributed by atoms with van der Waals surface area (Å²) in [5, 5.41) is 12.4. The second-order valence-electron chi connectivity index (χ2n) is 2.36. The first-order chi connectivity index (χ1) is 4.79. The van der Waals surface area contributed by atoms with E-state index in [4.69, 9.17) is 0 Å². The van der Waals surface area contributed by atoms with Gasteiger partial charge in [-0.05, 0) is 11.8 Å². The molecule has 0 radical (unpaired) electrons. The summed E-state index contributed by atoms with van der Waals surface area (Å²) >= 11 is 1.57. The number of nitrogens with zero attached hydrogens (tertiary/aromatic N) is 1. The van der Waals surface area contributed by atoms with Crippen LogP contribution < -0.4 is 34.7 Å². The van der Waals surface area contributed by atoms with Gasteiger partial charge in [-0.2, -0.15) is 0 Å². The molecule has 0 aliphatic carbocycles. The van der Waals surface area contributed by atoms with Crippen molar-refractivity contribution in [1.29, 1.82) is 0 Å². The van der Waals surface area contributed by atoms with Gasteiger partial charge in [0, 0.05) is 6.54 Å². The van der Waals surface area contributed by atoms with Crippen LogP contribution >= 0.6 is 11.8 Å². The third-order valence-corrected chi connectivity index (χ3v) is 2.98. The molecule has 5 heteroatoms. The fraction of sp³-hybridized carbons (Fsp3) is 0.500. The number of carbonyl (C=O) groups excluding carboxylic acids is 1. The summed E-state index contributed by atoms with van der Waals surface area (Å²) < 4.78 is 0. The molecule has 0 bridgehead atoms. The first-order valence-electron chi connectivity index (χ1n) is 3.12. The van der Waals surface area contributed by atoms with Gasteiger partial charge in [0.2, 0.25) is 0 Å². The second kappa shape index (κ2) is 3.39. The summed E-state index contributed by atoms with van der Waals surface area (Å²) in [7, 11) is 0. The van der Waals surface area contributed by atoms with Crippen LogP contribution in [-0.4, -0.2) is 22.8 Å². The molecule has 0 amide bonds. The summed E-state index contributed by atoms with van der Waals surface area (Å²) in [6, 6.07) is 0. The van der Waals surface area contributed by atoms with Crippen molar-refractivity contribution in [2.45, 2.75) is 11.8 Å². The van der Waals surface area contributed by atoms with E-state index in [9.17, 15) is 9.90 Å². The molecule has 1 unspecified atom stereocenters. The van der Waals surface area contributed by atoms with Crippen LogP contribution in [0.5, 0.6) is 0 Å². The Bertz CT molecular complexity index is 219. The molecule has 1 saturated heterocycles. The van der Waals surface area contributed by atoms with E-state index in [1.165, 1.54) is 0 Å². The van der Waals surface area contributed by atoms with Crippen molar-refractivity contribution in [3.8, 4) is 0 Å². The quantitative estimate of drug-likeness (QED) is 0.389. The van der Waals surface area contributed by atoms with Crippen LogP contribution in [-0.2, 0) is 4.79 Å². The van der Waals surface area contributed by atoms with E-state index in [1.54, 1.807) is 17.2 Å². The van der Waals surface area contributed by atoms with Crippen LogP contribution in [0.3, 0.4) is 0 Å². The number of thioether (sulfide) groups is 1. The van der Waals surface area contributed by atoms with Crippen LogP contribution in [0.15, 0.2) is 11.1 Å². The Hall–Kier alpha value is 0.360. The predicted octanol–water partition coefficient (Wildman–Crippen LogP) is -3.64. The van der Waals surface area contributed by atoms with Crippen LogP contribution in [0.2, 0.25) is 0 Å².